The summed E-state index contributed by atoms with van der Waals surface area (Å²) in [5, 5.41) is 2.50. The Morgan fingerprint density at radius 3 is 2.48 bits per heavy atom. The minimum atomic E-state index is -1.23. The number of hydrogen-bond donors (Lipinski definition) is 1. The van der Waals surface area contributed by atoms with Gasteiger partial charge in [0.15, 0.2) is 0 Å². The van der Waals surface area contributed by atoms with Gasteiger partial charge < -0.3 is 14.8 Å². The highest BCUT2D eigenvalue weighted by Crippen LogP contribution is 2.08. The number of benzene rings is 1. The Morgan fingerprint density at radius 2 is 1.90 bits per heavy atom. The van der Waals surface area contributed by atoms with Crippen LogP contribution in [0.5, 0.6) is 0 Å². The Morgan fingerprint density at radius 1 is 1.24 bits per heavy atom. The molecule has 116 valence electrons. The Balaban J connectivity index is 2.59. The van der Waals surface area contributed by atoms with Gasteiger partial charge in [0.1, 0.15) is 12.6 Å². The summed E-state index contributed by atoms with van der Waals surface area (Å²) < 4.78 is 21.4. The van der Waals surface area contributed by atoms with Crippen molar-refractivity contribution in [2.45, 2.75) is 17.4 Å². The van der Waals surface area contributed by atoms with Gasteiger partial charge in [0.25, 0.3) is 0 Å². The van der Waals surface area contributed by atoms with E-state index in [1.54, 1.807) is 24.3 Å². The molecule has 0 heterocycles. The number of hydrogen-bond acceptors (Lipinski definition) is 5. The first-order valence-corrected chi connectivity index (χ1v) is 7.70. The molecule has 7 heteroatoms. The molecule has 1 aromatic rings. The van der Waals surface area contributed by atoms with E-state index in [-0.39, 0.29) is 18.8 Å². The van der Waals surface area contributed by atoms with E-state index in [1.807, 2.05) is 6.07 Å². The predicted octanol–water partition coefficient (Wildman–Crippen LogP) is 0.488. The zero-order valence-electron chi connectivity index (χ0n) is 12.0. The molecule has 0 aliphatic heterocycles. The first-order valence-electron chi connectivity index (χ1n) is 6.38. The molecular weight excluding hydrogens is 294 g/mol. The van der Waals surface area contributed by atoms with Crippen molar-refractivity contribution in [3.8, 4) is 0 Å². The molecule has 1 rings (SSSR count). The summed E-state index contributed by atoms with van der Waals surface area (Å²) in [6, 6.07) is 8.12. The second kappa shape index (κ2) is 9.25. The standard InChI is InChI=1S/C14H19NO5S/c1-19-10-13(16)15-12(14(17)20-2)8-9-21(18)11-6-4-3-5-7-11/h3-7,12H,8-10H2,1-2H3,(H,15,16)/t12-,21+/m1/s1. The van der Waals surface area contributed by atoms with E-state index >= 15 is 0 Å². The molecule has 0 fully saturated rings. The van der Waals surface area contributed by atoms with E-state index in [0.29, 0.717) is 4.90 Å². The number of ether oxygens (including phenoxy) is 2. The fourth-order valence-corrected chi connectivity index (χ4v) is 2.82. The van der Waals surface area contributed by atoms with E-state index in [0.717, 1.165) is 0 Å². The smallest absolute Gasteiger partial charge is 0.328 e. The molecule has 1 amide bonds. The largest absolute Gasteiger partial charge is 0.467 e. The number of nitrogens with one attached hydrogen (secondary N) is 1. The lowest BCUT2D eigenvalue weighted by molar-refractivity contribution is -0.145. The Labute approximate surface area is 126 Å². The van der Waals surface area contributed by atoms with Gasteiger partial charge in [-0.05, 0) is 18.6 Å². The number of esters is 1. The minimum Gasteiger partial charge on any atom is -0.467 e. The minimum absolute atomic E-state index is 0.144. The summed E-state index contributed by atoms with van der Waals surface area (Å²) in [5.41, 5.74) is 0. The second-order valence-corrected chi connectivity index (χ2v) is 5.80. The number of carbonyl (C=O) groups excluding carboxylic acids is 2. The summed E-state index contributed by atoms with van der Waals surface area (Å²) in [6.07, 6.45) is 0.226. The van der Waals surface area contributed by atoms with Gasteiger partial charge in [0.05, 0.1) is 17.9 Å². The van der Waals surface area contributed by atoms with Crippen molar-refractivity contribution >= 4 is 22.7 Å². The average Bonchev–Trinajstić information content (AvgIpc) is 2.51. The molecule has 0 spiro atoms. The van der Waals surface area contributed by atoms with Crippen molar-refractivity contribution in [2.75, 3.05) is 26.6 Å². The predicted molar refractivity (Wildman–Crippen MR) is 78.2 cm³/mol. The summed E-state index contributed by atoms with van der Waals surface area (Å²) >= 11 is 0. The van der Waals surface area contributed by atoms with Crippen LogP contribution >= 0.6 is 0 Å². The Bertz CT molecular complexity index is 491. The van der Waals surface area contributed by atoms with Crippen LogP contribution in [0.1, 0.15) is 6.42 Å². The highest BCUT2D eigenvalue weighted by molar-refractivity contribution is 7.85. The van der Waals surface area contributed by atoms with Crippen molar-refractivity contribution in [2.24, 2.45) is 0 Å². The van der Waals surface area contributed by atoms with Crippen molar-refractivity contribution < 1.29 is 23.3 Å². The third-order valence-corrected chi connectivity index (χ3v) is 4.10. The summed E-state index contributed by atoms with van der Waals surface area (Å²) in [4.78, 5) is 23.8. The molecule has 1 N–H and O–H groups in total. The number of rotatable bonds is 8. The third-order valence-electron chi connectivity index (χ3n) is 2.69. The van der Waals surface area contributed by atoms with Crippen molar-refractivity contribution in [3.05, 3.63) is 30.3 Å². The van der Waals surface area contributed by atoms with E-state index in [9.17, 15) is 13.8 Å². The summed E-state index contributed by atoms with van der Waals surface area (Å²) in [5.74, 6) is -0.736. The zero-order valence-corrected chi connectivity index (χ0v) is 12.9. The molecule has 0 unspecified atom stereocenters. The molecule has 0 aliphatic rings. The van der Waals surface area contributed by atoms with Gasteiger partial charge >= 0.3 is 5.97 Å². The van der Waals surface area contributed by atoms with E-state index in [4.69, 9.17) is 0 Å². The zero-order chi connectivity index (χ0) is 15.7. The maximum atomic E-state index is 12.1. The number of carbonyl (C=O) groups is 2. The van der Waals surface area contributed by atoms with Crippen LogP contribution in [-0.4, -0.2) is 48.7 Å². The number of amides is 1. The van der Waals surface area contributed by atoms with E-state index < -0.39 is 28.7 Å². The van der Waals surface area contributed by atoms with Crippen molar-refractivity contribution in [1.29, 1.82) is 0 Å². The van der Waals surface area contributed by atoms with Crippen molar-refractivity contribution in [1.82, 2.24) is 5.32 Å². The Hall–Kier alpha value is -1.73. The van der Waals surface area contributed by atoms with Gasteiger partial charge in [-0.25, -0.2) is 4.79 Å². The lowest BCUT2D eigenvalue weighted by Gasteiger charge is -2.16. The van der Waals surface area contributed by atoms with Crippen LogP contribution in [-0.2, 0) is 29.9 Å². The summed E-state index contributed by atoms with van der Waals surface area (Å²) in [6.45, 7) is -0.144. The molecule has 0 bridgehead atoms. The summed E-state index contributed by atoms with van der Waals surface area (Å²) in [7, 11) is 1.40. The molecule has 0 saturated heterocycles. The molecule has 6 nitrogen and oxygen atoms in total. The molecular formula is C14H19NO5S. The highest BCUT2D eigenvalue weighted by Gasteiger charge is 2.22. The topological polar surface area (TPSA) is 81.7 Å². The maximum Gasteiger partial charge on any atom is 0.328 e. The van der Waals surface area contributed by atoms with Gasteiger partial charge in [-0.3, -0.25) is 9.00 Å². The quantitative estimate of drug-likeness (QED) is 0.706. The molecule has 0 radical (unpaired) electrons. The fraction of sp³-hybridized carbons (Fsp3) is 0.429. The van der Waals surface area contributed by atoms with Crippen LogP contribution in [0.2, 0.25) is 0 Å². The molecule has 0 aliphatic carbocycles. The monoisotopic (exact) mass is 313 g/mol. The molecule has 0 saturated carbocycles. The lowest BCUT2D eigenvalue weighted by atomic mass is 10.2. The fourth-order valence-electron chi connectivity index (χ4n) is 1.67. The number of methoxy groups -OCH3 is 2. The van der Waals surface area contributed by atoms with Crippen LogP contribution in [0, 0.1) is 0 Å². The first-order chi connectivity index (χ1) is 10.1. The van der Waals surface area contributed by atoms with Gasteiger partial charge in [-0.2, -0.15) is 0 Å². The maximum absolute atomic E-state index is 12.1. The molecule has 21 heavy (non-hydrogen) atoms. The third kappa shape index (κ3) is 6.05. The SMILES string of the molecule is COCC(=O)N[C@H](CC[S@](=O)c1ccccc1)C(=O)OC. The highest BCUT2D eigenvalue weighted by atomic mass is 32.2. The van der Waals surface area contributed by atoms with E-state index in [1.165, 1.54) is 14.2 Å². The van der Waals surface area contributed by atoms with Crippen LogP contribution in [0.3, 0.4) is 0 Å². The second-order valence-electron chi connectivity index (χ2n) is 4.23. The lowest BCUT2D eigenvalue weighted by Crippen LogP contribution is -2.43. The molecule has 0 aromatic heterocycles. The Kier molecular flexibility index (Phi) is 7.63. The van der Waals surface area contributed by atoms with Crippen molar-refractivity contribution in [3.63, 3.8) is 0 Å². The van der Waals surface area contributed by atoms with Crippen LogP contribution in [0.15, 0.2) is 35.2 Å². The normalized spacial score (nSPS) is 13.2. The molecule has 1 aromatic carbocycles. The van der Waals surface area contributed by atoms with Crippen LogP contribution in [0.25, 0.3) is 0 Å². The average molecular weight is 313 g/mol. The van der Waals surface area contributed by atoms with Gasteiger partial charge in [0, 0.05) is 17.8 Å². The molecule has 2 atom stereocenters. The van der Waals surface area contributed by atoms with Gasteiger partial charge in [-0.15, -0.1) is 0 Å². The van der Waals surface area contributed by atoms with Crippen LogP contribution < -0.4 is 5.32 Å². The van der Waals surface area contributed by atoms with Gasteiger partial charge in [-0.1, -0.05) is 18.2 Å². The van der Waals surface area contributed by atoms with E-state index in [2.05, 4.69) is 14.8 Å². The van der Waals surface area contributed by atoms with Crippen LogP contribution in [0.4, 0.5) is 0 Å². The van der Waals surface area contributed by atoms with Gasteiger partial charge in [0.2, 0.25) is 5.91 Å². The first kappa shape index (κ1) is 17.3.